The van der Waals surface area contributed by atoms with Crippen LogP contribution in [0.5, 0.6) is 0 Å². The van der Waals surface area contributed by atoms with E-state index in [9.17, 15) is 10.1 Å². The highest BCUT2D eigenvalue weighted by molar-refractivity contribution is 6.33. The molecule has 0 aliphatic heterocycles. The summed E-state index contributed by atoms with van der Waals surface area (Å²) in [7, 11) is 0. The maximum absolute atomic E-state index is 10.4. The number of benzene rings is 1. The third kappa shape index (κ3) is 1.76. The Morgan fingerprint density at radius 2 is 2.23 bits per heavy atom. The smallest absolute Gasteiger partial charge is 0.258 e. The van der Waals surface area contributed by atoms with Crippen molar-refractivity contribution >= 4 is 23.0 Å². The summed E-state index contributed by atoms with van der Waals surface area (Å²) >= 11 is 5.59. The van der Waals surface area contributed by atoms with Gasteiger partial charge in [-0.3, -0.25) is 10.1 Å². The highest BCUT2D eigenvalue weighted by Crippen LogP contribution is 2.31. The predicted molar refractivity (Wildman–Crippen MR) is 49.1 cm³/mol. The molecule has 0 spiro atoms. The van der Waals surface area contributed by atoms with Crippen LogP contribution < -0.4 is 0 Å². The maximum Gasteiger partial charge on any atom is 0.285 e. The van der Waals surface area contributed by atoms with Gasteiger partial charge in [-0.25, -0.2) is 4.85 Å². The van der Waals surface area contributed by atoms with Crippen LogP contribution >= 0.6 is 11.6 Å². The molecule has 1 aromatic carbocycles. The van der Waals surface area contributed by atoms with Crippen LogP contribution in [-0.2, 0) is 0 Å². The van der Waals surface area contributed by atoms with Crippen LogP contribution in [0.3, 0.4) is 0 Å². The zero-order chi connectivity index (χ0) is 10.0. The van der Waals surface area contributed by atoms with Gasteiger partial charge in [0.15, 0.2) is 5.69 Å². The van der Waals surface area contributed by atoms with E-state index in [2.05, 4.69) is 4.85 Å². The number of nitro benzene ring substituents is 1. The van der Waals surface area contributed by atoms with Crippen molar-refractivity contribution < 1.29 is 4.92 Å². The van der Waals surface area contributed by atoms with E-state index in [0.717, 1.165) is 0 Å². The van der Waals surface area contributed by atoms with Crippen LogP contribution in [0.4, 0.5) is 11.4 Å². The van der Waals surface area contributed by atoms with Crippen LogP contribution in [0.1, 0.15) is 5.56 Å². The lowest BCUT2D eigenvalue weighted by atomic mass is 10.2. The fraction of sp³-hybridized carbons (Fsp3) is 0.125. The molecule has 0 aromatic heterocycles. The van der Waals surface area contributed by atoms with Gasteiger partial charge in [-0.2, -0.15) is 0 Å². The normalized spacial score (nSPS) is 9.31. The molecular formula is C8H5ClN2O2. The number of halogens is 1. The number of hydrogen-bond acceptors (Lipinski definition) is 2. The molecule has 0 amide bonds. The second-order valence-electron chi connectivity index (χ2n) is 2.46. The molecule has 0 N–H and O–H groups in total. The molecule has 1 aromatic rings. The van der Waals surface area contributed by atoms with E-state index in [1.165, 1.54) is 12.1 Å². The van der Waals surface area contributed by atoms with Crippen molar-refractivity contribution in [2.24, 2.45) is 0 Å². The Kier molecular flexibility index (Phi) is 2.49. The Balaban J connectivity index is 3.39. The summed E-state index contributed by atoms with van der Waals surface area (Å²) in [6.45, 7) is 8.39. The summed E-state index contributed by atoms with van der Waals surface area (Å²) in [6, 6.07) is 2.61. The fourth-order valence-corrected chi connectivity index (χ4v) is 1.14. The van der Waals surface area contributed by atoms with Gasteiger partial charge in [-0.1, -0.05) is 11.6 Å². The maximum atomic E-state index is 10.4. The molecule has 0 bridgehead atoms. The summed E-state index contributed by atoms with van der Waals surface area (Å²) < 4.78 is 0. The molecule has 0 fully saturated rings. The Morgan fingerprint density at radius 1 is 1.62 bits per heavy atom. The van der Waals surface area contributed by atoms with Gasteiger partial charge in [0.05, 0.1) is 11.5 Å². The summed E-state index contributed by atoms with van der Waals surface area (Å²) in [5.74, 6) is 0. The average Bonchev–Trinajstić information content (AvgIpc) is 2.07. The number of nitrogens with zero attached hydrogens (tertiary/aromatic N) is 2. The lowest BCUT2D eigenvalue weighted by Crippen LogP contribution is -1.89. The van der Waals surface area contributed by atoms with Gasteiger partial charge in [0.2, 0.25) is 0 Å². The van der Waals surface area contributed by atoms with Crippen molar-refractivity contribution in [3.63, 3.8) is 0 Å². The molecule has 0 aliphatic carbocycles. The van der Waals surface area contributed by atoms with E-state index in [1.807, 2.05) is 0 Å². The predicted octanol–water partition coefficient (Wildman–Crippen LogP) is 3.11. The topological polar surface area (TPSA) is 47.5 Å². The van der Waals surface area contributed by atoms with Crippen molar-refractivity contribution in [3.8, 4) is 0 Å². The molecule has 0 aliphatic rings. The molecule has 66 valence electrons. The van der Waals surface area contributed by atoms with Crippen molar-refractivity contribution in [2.75, 3.05) is 0 Å². The van der Waals surface area contributed by atoms with Crippen molar-refractivity contribution in [2.45, 2.75) is 6.92 Å². The number of nitro groups is 1. The minimum Gasteiger partial charge on any atom is -0.258 e. The third-order valence-corrected chi connectivity index (χ3v) is 1.89. The lowest BCUT2D eigenvalue weighted by Gasteiger charge is -1.98. The number of hydrogen-bond donors (Lipinski definition) is 0. The SMILES string of the molecule is [C-]#[N+]c1cc(Cl)c([N+](=O)[O-])cc1C. The standard InChI is InChI=1S/C8H5ClN2O2/c1-5-3-8(11(12)13)6(9)4-7(5)10-2/h3-4H,1H3. The van der Waals surface area contributed by atoms with Gasteiger partial charge in [-0.05, 0) is 18.6 Å². The van der Waals surface area contributed by atoms with Gasteiger partial charge in [0, 0.05) is 6.07 Å². The van der Waals surface area contributed by atoms with Gasteiger partial charge >= 0.3 is 0 Å². The zero-order valence-corrected chi connectivity index (χ0v) is 7.50. The Hall–Kier alpha value is -1.60. The molecule has 13 heavy (non-hydrogen) atoms. The second-order valence-corrected chi connectivity index (χ2v) is 2.87. The van der Waals surface area contributed by atoms with Crippen LogP contribution in [0.15, 0.2) is 12.1 Å². The summed E-state index contributed by atoms with van der Waals surface area (Å²) in [5, 5.41) is 10.4. The summed E-state index contributed by atoms with van der Waals surface area (Å²) in [6.07, 6.45) is 0. The largest absolute Gasteiger partial charge is 0.285 e. The monoisotopic (exact) mass is 196 g/mol. The van der Waals surface area contributed by atoms with Crippen LogP contribution in [0.2, 0.25) is 5.02 Å². The van der Waals surface area contributed by atoms with Gasteiger partial charge < -0.3 is 0 Å². The summed E-state index contributed by atoms with van der Waals surface area (Å²) in [5.41, 5.74) is 0.744. The van der Waals surface area contributed by atoms with E-state index >= 15 is 0 Å². The Morgan fingerprint density at radius 3 is 2.69 bits per heavy atom. The third-order valence-electron chi connectivity index (χ3n) is 1.58. The Labute approximate surface area is 79.7 Å². The highest BCUT2D eigenvalue weighted by Gasteiger charge is 2.14. The minimum atomic E-state index is -0.566. The van der Waals surface area contributed by atoms with Crippen LogP contribution in [-0.4, -0.2) is 4.92 Å². The molecule has 0 saturated heterocycles. The molecular weight excluding hydrogens is 192 g/mol. The molecule has 4 nitrogen and oxygen atoms in total. The van der Waals surface area contributed by atoms with Gasteiger partial charge in [-0.15, -0.1) is 0 Å². The van der Waals surface area contributed by atoms with Crippen molar-refractivity contribution in [1.29, 1.82) is 0 Å². The van der Waals surface area contributed by atoms with E-state index in [4.69, 9.17) is 18.2 Å². The first-order valence-corrected chi connectivity index (χ1v) is 3.76. The molecule has 0 atom stereocenters. The molecule has 0 unspecified atom stereocenters. The molecule has 0 radical (unpaired) electrons. The van der Waals surface area contributed by atoms with Crippen molar-refractivity contribution in [3.05, 3.63) is 44.3 Å². The Bertz CT molecular complexity index is 409. The zero-order valence-electron chi connectivity index (χ0n) is 6.74. The second kappa shape index (κ2) is 3.42. The van der Waals surface area contributed by atoms with E-state index in [0.29, 0.717) is 11.3 Å². The van der Waals surface area contributed by atoms with Crippen molar-refractivity contribution in [1.82, 2.24) is 0 Å². The van der Waals surface area contributed by atoms with Crippen LogP contribution in [0, 0.1) is 23.6 Å². The minimum absolute atomic E-state index is 0.00148. The average molecular weight is 197 g/mol. The van der Waals surface area contributed by atoms with Crippen LogP contribution in [0.25, 0.3) is 4.85 Å². The molecule has 0 heterocycles. The van der Waals surface area contributed by atoms with E-state index in [1.54, 1.807) is 6.92 Å². The number of rotatable bonds is 1. The van der Waals surface area contributed by atoms with Gasteiger partial charge in [0.25, 0.3) is 5.69 Å². The summed E-state index contributed by atoms with van der Waals surface area (Å²) in [4.78, 5) is 13.0. The molecule has 5 heteroatoms. The van der Waals surface area contributed by atoms with Gasteiger partial charge in [0.1, 0.15) is 5.02 Å². The number of aryl methyl sites for hydroxylation is 1. The first-order valence-electron chi connectivity index (χ1n) is 3.38. The lowest BCUT2D eigenvalue weighted by molar-refractivity contribution is -0.384. The molecule has 1 rings (SSSR count). The van der Waals surface area contributed by atoms with E-state index < -0.39 is 4.92 Å². The first-order chi connectivity index (χ1) is 6.06. The quantitative estimate of drug-likeness (QED) is 0.394. The highest BCUT2D eigenvalue weighted by atomic mass is 35.5. The fourth-order valence-electron chi connectivity index (χ4n) is 0.916. The first kappa shape index (κ1) is 9.49. The van der Waals surface area contributed by atoms with E-state index in [-0.39, 0.29) is 10.7 Å². The molecule has 0 saturated carbocycles.